The zero-order valence-corrected chi connectivity index (χ0v) is 14.2. The Bertz CT molecular complexity index is 697. The van der Waals surface area contributed by atoms with Crippen molar-refractivity contribution >= 4 is 17.5 Å². The molecule has 23 heavy (non-hydrogen) atoms. The predicted molar refractivity (Wildman–Crippen MR) is 90.4 cm³/mol. The summed E-state index contributed by atoms with van der Waals surface area (Å²) in [5.74, 6) is -0.0154. The molecule has 1 fully saturated rings. The lowest BCUT2D eigenvalue weighted by Gasteiger charge is -2.25. The average Bonchev–Trinajstić information content (AvgIpc) is 3.17. The minimum Gasteiger partial charge on any atom is -0.345 e. The Morgan fingerprint density at radius 1 is 1.43 bits per heavy atom. The van der Waals surface area contributed by atoms with Crippen LogP contribution in [0.4, 0.5) is 0 Å². The molecule has 1 aromatic heterocycles. The van der Waals surface area contributed by atoms with Gasteiger partial charge in [0.05, 0.1) is 23.5 Å². The minimum absolute atomic E-state index is 0.0154. The summed E-state index contributed by atoms with van der Waals surface area (Å²) in [5, 5.41) is 7.93. The first-order valence-corrected chi connectivity index (χ1v) is 8.18. The summed E-state index contributed by atoms with van der Waals surface area (Å²) in [7, 11) is 3.52. The fourth-order valence-corrected chi connectivity index (χ4v) is 3.34. The highest BCUT2D eigenvalue weighted by Crippen LogP contribution is 2.34. The van der Waals surface area contributed by atoms with Gasteiger partial charge in [0, 0.05) is 25.7 Å². The second kappa shape index (κ2) is 6.72. The third-order valence-corrected chi connectivity index (χ3v) is 4.70. The van der Waals surface area contributed by atoms with Gasteiger partial charge in [-0.1, -0.05) is 29.8 Å². The van der Waals surface area contributed by atoms with Gasteiger partial charge in [0.25, 0.3) is 5.91 Å². The van der Waals surface area contributed by atoms with Gasteiger partial charge in [0.15, 0.2) is 0 Å². The molecule has 1 amide bonds. The van der Waals surface area contributed by atoms with Crippen molar-refractivity contribution in [3.8, 4) is 0 Å². The van der Waals surface area contributed by atoms with Gasteiger partial charge in [0.2, 0.25) is 0 Å². The molecular formula is C17H21ClN4O. The van der Waals surface area contributed by atoms with E-state index >= 15 is 0 Å². The Hall–Kier alpha value is -1.85. The minimum atomic E-state index is -0.0154. The first kappa shape index (κ1) is 16.0. The quantitative estimate of drug-likeness (QED) is 0.936. The number of hydrogen-bond acceptors (Lipinski definition) is 3. The molecule has 2 aromatic rings. The van der Waals surface area contributed by atoms with Gasteiger partial charge >= 0.3 is 0 Å². The fraction of sp³-hybridized carbons (Fsp3) is 0.412. The van der Waals surface area contributed by atoms with Crippen LogP contribution < -0.4 is 0 Å². The molecule has 0 aliphatic carbocycles. The number of hydrogen-bond donors (Lipinski definition) is 1. The van der Waals surface area contributed by atoms with E-state index in [-0.39, 0.29) is 11.9 Å². The second-order valence-electron chi connectivity index (χ2n) is 6.12. The molecule has 0 saturated carbocycles. The van der Waals surface area contributed by atoms with Crippen molar-refractivity contribution in [3.05, 3.63) is 52.3 Å². The molecule has 0 bridgehead atoms. The van der Waals surface area contributed by atoms with Gasteiger partial charge < -0.3 is 4.90 Å². The van der Waals surface area contributed by atoms with Gasteiger partial charge in [-0.2, -0.15) is 5.10 Å². The van der Waals surface area contributed by atoms with Gasteiger partial charge in [-0.15, -0.1) is 0 Å². The summed E-state index contributed by atoms with van der Waals surface area (Å²) >= 11 is 6.29. The Morgan fingerprint density at radius 2 is 2.22 bits per heavy atom. The Labute approximate surface area is 141 Å². The molecule has 1 aromatic carbocycles. The Kier molecular flexibility index (Phi) is 4.68. The average molecular weight is 333 g/mol. The normalized spacial score (nSPS) is 18.3. The highest BCUT2D eigenvalue weighted by molar-refractivity contribution is 6.31. The molecule has 1 atom stereocenters. The highest BCUT2D eigenvalue weighted by Gasteiger charge is 2.31. The standard InChI is InChI=1S/C17H21ClN4O/c1-21(2)17(23)13-10-19-20-16(13)15-8-5-9-22(15)11-12-6-3-4-7-14(12)18/h3-4,6-7,10,15H,5,8-9,11H2,1-2H3,(H,19,20)/t15-/m0/s1. The van der Waals surface area contributed by atoms with E-state index in [9.17, 15) is 4.79 Å². The van der Waals surface area contributed by atoms with Crippen LogP contribution in [-0.2, 0) is 6.54 Å². The summed E-state index contributed by atoms with van der Waals surface area (Å²) in [6.45, 7) is 1.77. The van der Waals surface area contributed by atoms with Crippen molar-refractivity contribution in [2.45, 2.75) is 25.4 Å². The summed E-state index contributed by atoms with van der Waals surface area (Å²) in [5.41, 5.74) is 2.68. The van der Waals surface area contributed by atoms with Crippen molar-refractivity contribution < 1.29 is 4.79 Å². The van der Waals surface area contributed by atoms with E-state index in [1.54, 1.807) is 25.2 Å². The first-order valence-electron chi connectivity index (χ1n) is 7.80. The number of carbonyl (C=O) groups excluding carboxylic acids is 1. The van der Waals surface area contributed by atoms with Crippen LogP contribution in [0.2, 0.25) is 5.02 Å². The largest absolute Gasteiger partial charge is 0.345 e. The zero-order chi connectivity index (χ0) is 16.4. The second-order valence-corrected chi connectivity index (χ2v) is 6.52. The fourth-order valence-electron chi connectivity index (χ4n) is 3.15. The molecule has 1 saturated heterocycles. The lowest BCUT2D eigenvalue weighted by molar-refractivity contribution is 0.0824. The summed E-state index contributed by atoms with van der Waals surface area (Å²) in [4.78, 5) is 16.3. The van der Waals surface area contributed by atoms with Crippen molar-refractivity contribution in [2.75, 3.05) is 20.6 Å². The predicted octanol–water partition coefficient (Wildman–Crippen LogP) is 3.10. The number of carbonyl (C=O) groups is 1. The SMILES string of the molecule is CN(C)C(=O)c1cn[nH]c1[C@@H]1CCCN1Cc1ccccc1Cl. The number of benzene rings is 1. The van der Waals surface area contributed by atoms with E-state index in [0.29, 0.717) is 5.56 Å². The van der Waals surface area contributed by atoms with Crippen LogP contribution in [0.5, 0.6) is 0 Å². The third-order valence-electron chi connectivity index (χ3n) is 4.33. The van der Waals surface area contributed by atoms with Gasteiger partial charge in [-0.25, -0.2) is 0 Å². The topological polar surface area (TPSA) is 52.2 Å². The van der Waals surface area contributed by atoms with E-state index in [4.69, 9.17) is 11.6 Å². The highest BCUT2D eigenvalue weighted by atomic mass is 35.5. The molecule has 0 unspecified atom stereocenters. The van der Waals surface area contributed by atoms with Gasteiger partial charge in [0.1, 0.15) is 0 Å². The Balaban J connectivity index is 1.84. The monoisotopic (exact) mass is 332 g/mol. The van der Waals surface area contributed by atoms with Crippen LogP contribution in [0.25, 0.3) is 0 Å². The molecule has 0 radical (unpaired) electrons. The molecule has 5 nitrogen and oxygen atoms in total. The smallest absolute Gasteiger partial charge is 0.256 e. The number of likely N-dealkylation sites (tertiary alicyclic amines) is 1. The molecule has 2 heterocycles. The zero-order valence-electron chi connectivity index (χ0n) is 13.4. The number of rotatable bonds is 4. The maximum Gasteiger partial charge on any atom is 0.256 e. The van der Waals surface area contributed by atoms with E-state index in [2.05, 4.69) is 21.2 Å². The van der Waals surface area contributed by atoms with Crippen LogP contribution in [-0.4, -0.2) is 46.5 Å². The number of halogens is 1. The van der Waals surface area contributed by atoms with Crippen molar-refractivity contribution in [1.82, 2.24) is 20.0 Å². The van der Waals surface area contributed by atoms with Crippen molar-refractivity contribution in [2.24, 2.45) is 0 Å². The molecule has 6 heteroatoms. The number of H-pyrrole nitrogens is 1. The summed E-state index contributed by atoms with van der Waals surface area (Å²) in [6.07, 6.45) is 3.74. The molecule has 1 aliphatic heterocycles. The van der Waals surface area contributed by atoms with E-state index < -0.39 is 0 Å². The first-order chi connectivity index (χ1) is 11.1. The van der Waals surface area contributed by atoms with E-state index in [1.165, 1.54) is 0 Å². The number of nitrogens with zero attached hydrogens (tertiary/aromatic N) is 3. The van der Waals surface area contributed by atoms with E-state index in [1.807, 2.05) is 18.2 Å². The third kappa shape index (κ3) is 3.26. The maximum absolute atomic E-state index is 12.3. The van der Waals surface area contributed by atoms with Crippen molar-refractivity contribution in [3.63, 3.8) is 0 Å². The molecule has 122 valence electrons. The van der Waals surface area contributed by atoms with Gasteiger partial charge in [-0.3, -0.25) is 14.8 Å². The summed E-state index contributed by atoms with van der Waals surface area (Å²) in [6, 6.07) is 8.09. The Morgan fingerprint density at radius 3 is 2.96 bits per heavy atom. The number of aromatic amines is 1. The van der Waals surface area contributed by atoms with Crippen LogP contribution in [0.3, 0.4) is 0 Å². The molecule has 0 spiro atoms. The molecule has 3 rings (SSSR count). The van der Waals surface area contributed by atoms with Crippen LogP contribution in [0, 0.1) is 0 Å². The van der Waals surface area contributed by atoms with Crippen molar-refractivity contribution in [1.29, 1.82) is 0 Å². The number of aromatic nitrogens is 2. The maximum atomic E-state index is 12.3. The lowest BCUT2D eigenvalue weighted by Crippen LogP contribution is -2.27. The summed E-state index contributed by atoms with van der Waals surface area (Å²) < 4.78 is 0. The van der Waals surface area contributed by atoms with Gasteiger partial charge in [-0.05, 0) is 31.0 Å². The number of nitrogens with one attached hydrogen (secondary N) is 1. The number of amides is 1. The molecule has 1 aliphatic rings. The van der Waals surface area contributed by atoms with Crippen LogP contribution >= 0.6 is 11.6 Å². The molecular weight excluding hydrogens is 312 g/mol. The van der Waals surface area contributed by atoms with Crippen LogP contribution in [0.1, 0.15) is 40.5 Å². The molecule has 1 N–H and O–H groups in total. The van der Waals surface area contributed by atoms with E-state index in [0.717, 1.165) is 42.2 Å². The van der Waals surface area contributed by atoms with Crippen LogP contribution in [0.15, 0.2) is 30.5 Å². The lowest BCUT2D eigenvalue weighted by atomic mass is 10.1.